The molecule has 0 unspecified atom stereocenters. The quantitative estimate of drug-likeness (QED) is 0.852. The first-order chi connectivity index (χ1) is 8.79. The van der Waals surface area contributed by atoms with E-state index in [2.05, 4.69) is 20.7 Å². The van der Waals surface area contributed by atoms with Gasteiger partial charge in [-0.05, 0) is 52.7 Å². The molecule has 0 aliphatic heterocycles. The van der Waals surface area contributed by atoms with Crippen LogP contribution in [0.25, 0.3) is 0 Å². The molecule has 2 rings (SSSR count). The lowest BCUT2D eigenvalue weighted by atomic mass is 10.2. The van der Waals surface area contributed by atoms with Crippen molar-refractivity contribution in [3.8, 4) is 0 Å². The average Bonchev–Trinajstić information content (AvgIpc) is 2.64. The first kappa shape index (κ1) is 14.8. The highest BCUT2D eigenvalue weighted by Crippen LogP contribution is 2.35. The van der Waals surface area contributed by atoms with Crippen LogP contribution in [0.2, 0.25) is 5.02 Å². The van der Waals surface area contributed by atoms with E-state index in [0.717, 1.165) is 11.3 Å². The Hall–Kier alpha value is -0.630. The van der Waals surface area contributed by atoms with E-state index in [1.807, 2.05) is 0 Å². The Morgan fingerprint density at radius 2 is 2.05 bits per heavy atom. The van der Waals surface area contributed by atoms with Gasteiger partial charge >= 0.3 is 0 Å². The number of hydrogen-bond acceptors (Lipinski definition) is 3. The Bertz CT molecular complexity index is 711. The molecule has 0 fully saturated rings. The van der Waals surface area contributed by atoms with Crippen LogP contribution in [0.1, 0.15) is 5.56 Å². The molecule has 0 saturated heterocycles. The van der Waals surface area contributed by atoms with Gasteiger partial charge in [0.1, 0.15) is 10.0 Å². The Balaban J connectivity index is 2.36. The number of anilines is 1. The summed E-state index contributed by atoms with van der Waals surface area (Å²) in [6.07, 6.45) is 0. The molecule has 0 bridgehead atoms. The molecule has 19 heavy (non-hydrogen) atoms. The van der Waals surface area contributed by atoms with E-state index in [1.165, 1.54) is 24.3 Å². The molecule has 0 amide bonds. The predicted molar refractivity (Wildman–Crippen MR) is 79.0 cm³/mol. The van der Waals surface area contributed by atoms with Crippen molar-refractivity contribution in [3.63, 3.8) is 0 Å². The summed E-state index contributed by atoms with van der Waals surface area (Å²) < 4.78 is 40.3. The van der Waals surface area contributed by atoms with Crippen molar-refractivity contribution in [2.24, 2.45) is 0 Å². The summed E-state index contributed by atoms with van der Waals surface area (Å²) in [5.74, 6) is -0.414. The molecule has 3 nitrogen and oxygen atoms in total. The fourth-order valence-corrected chi connectivity index (χ4v) is 4.92. The first-order valence-corrected chi connectivity index (χ1v) is 8.50. The molecule has 8 heteroatoms. The van der Waals surface area contributed by atoms with Crippen molar-refractivity contribution < 1.29 is 12.8 Å². The largest absolute Gasteiger partial charge is 0.279 e. The number of rotatable bonds is 3. The number of benzene rings is 1. The fraction of sp³-hybridized carbons (Fsp3) is 0.0909. The molecule has 1 aromatic carbocycles. The number of nitrogens with one attached hydrogen (secondary N) is 1. The van der Waals surface area contributed by atoms with Gasteiger partial charge in [0.05, 0.1) is 14.5 Å². The molecule has 1 aromatic heterocycles. The van der Waals surface area contributed by atoms with Crippen LogP contribution >= 0.6 is 38.9 Å². The van der Waals surface area contributed by atoms with Gasteiger partial charge in [0.2, 0.25) is 0 Å². The summed E-state index contributed by atoms with van der Waals surface area (Å²) in [6, 6.07) is 5.20. The van der Waals surface area contributed by atoms with E-state index in [9.17, 15) is 12.8 Å². The Kier molecular flexibility index (Phi) is 4.20. The maximum atomic E-state index is 13.0. The molecule has 0 aliphatic carbocycles. The third-order valence-corrected chi connectivity index (χ3v) is 6.63. The van der Waals surface area contributed by atoms with Gasteiger partial charge < -0.3 is 0 Å². The number of sulfonamides is 1. The lowest BCUT2D eigenvalue weighted by Gasteiger charge is -2.08. The standard InChI is InChI=1S/C11H8BrClFNO2S2/c1-6-4-7(14)2-3-9(6)15-19(16,17)10-5-8(13)11(12)18-10/h2-5,15H,1H3. The highest BCUT2D eigenvalue weighted by atomic mass is 79.9. The number of hydrogen-bond donors (Lipinski definition) is 1. The average molecular weight is 385 g/mol. The van der Waals surface area contributed by atoms with Crippen LogP contribution in [0.3, 0.4) is 0 Å². The minimum atomic E-state index is -3.72. The molecule has 1 heterocycles. The van der Waals surface area contributed by atoms with Crippen LogP contribution < -0.4 is 4.72 Å². The molecule has 0 radical (unpaired) electrons. The molecular weight excluding hydrogens is 377 g/mol. The van der Waals surface area contributed by atoms with E-state index in [1.54, 1.807) is 6.92 Å². The molecular formula is C11H8BrClFNO2S2. The lowest BCUT2D eigenvalue weighted by Crippen LogP contribution is -2.12. The summed E-state index contributed by atoms with van der Waals surface area (Å²) in [6.45, 7) is 1.62. The van der Waals surface area contributed by atoms with E-state index < -0.39 is 15.8 Å². The van der Waals surface area contributed by atoms with E-state index in [4.69, 9.17) is 11.6 Å². The van der Waals surface area contributed by atoms with E-state index in [0.29, 0.717) is 20.1 Å². The van der Waals surface area contributed by atoms with E-state index in [-0.39, 0.29) is 4.21 Å². The van der Waals surface area contributed by atoms with Gasteiger partial charge in [0, 0.05) is 0 Å². The van der Waals surface area contributed by atoms with Crippen molar-refractivity contribution in [1.82, 2.24) is 0 Å². The molecule has 0 atom stereocenters. The van der Waals surface area contributed by atoms with Crippen LogP contribution in [0.5, 0.6) is 0 Å². The van der Waals surface area contributed by atoms with Gasteiger partial charge in [-0.3, -0.25) is 4.72 Å². The monoisotopic (exact) mass is 383 g/mol. The summed E-state index contributed by atoms with van der Waals surface area (Å²) in [7, 11) is -3.72. The van der Waals surface area contributed by atoms with Gasteiger partial charge in [0.25, 0.3) is 10.0 Å². The van der Waals surface area contributed by atoms with Crippen LogP contribution in [0, 0.1) is 12.7 Å². The Morgan fingerprint density at radius 1 is 1.37 bits per heavy atom. The molecule has 0 aliphatic rings. The minimum absolute atomic E-state index is 0.0908. The molecule has 0 saturated carbocycles. The van der Waals surface area contributed by atoms with Gasteiger partial charge in [-0.15, -0.1) is 11.3 Å². The zero-order valence-electron chi connectivity index (χ0n) is 9.58. The summed E-state index contributed by atoms with van der Waals surface area (Å²) in [5.41, 5.74) is 0.840. The maximum Gasteiger partial charge on any atom is 0.271 e. The van der Waals surface area contributed by atoms with Crippen molar-refractivity contribution in [3.05, 3.63) is 44.5 Å². The second-order valence-electron chi connectivity index (χ2n) is 3.75. The van der Waals surface area contributed by atoms with Gasteiger partial charge in [-0.2, -0.15) is 0 Å². The highest BCUT2D eigenvalue weighted by Gasteiger charge is 2.19. The normalized spacial score (nSPS) is 11.6. The van der Waals surface area contributed by atoms with Gasteiger partial charge in [-0.25, -0.2) is 12.8 Å². The van der Waals surface area contributed by atoms with Crippen molar-refractivity contribution in [2.75, 3.05) is 4.72 Å². The third-order valence-electron chi connectivity index (χ3n) is 2.32. The van der Waals surface area contributed by atoms with Crippen molar-refractivity contribution in [2.45, 2.75) is 11.1 Å². The lowest BCUT2D eigenvalue weighted by molar-refractivity contribution is 0.602. The van der Waals surface area contributed by atoms with Gasteiger partial charge in [-0.1, -0.05) is 11.6 Å². The smallest absolute Gasteiger partial charge is 0.271 e. The summed E-state index contributed by atoms with van der Waals surface area (Å²) in [5, 5.41) is 0.334. The van der Waals surface area contributed by atoms with Crippen LogP contribution in [-0.2, 0) is 10.0 Å². The van der Waals surface area contributed by atoms with Crippen LogP contribution in [0.4, 0.5) is 10.1 Å². The Labute approximate surface area is 127 Å². The van der Waals surface area contributed by atoms with Gasteiger partial charge in [0.15, 0.2) is 0 Å². The minimum Gasteiger partial charge on any atom is -0.279 e. The maximum absolute atomic E-state index is 13.0. The van der Waals surface area contributed by atoms with Crippen LogP contribution in [0.15, 0.2) is 32.3 Å². The highest BCUT2D eigenvalue weighted by molar-refractivity contribution is 9.11. The zero-order valence-corrected chi connectivity index (χ0v) is 13.6. The number of halogens is 3. The second-order valence-corrected chi connectivity index (χ2v) is 8.44. The molecule has 102 valence electrons. The number of aryl methyl sites for hydroxylation is 1. The van der Waals surface area contributed by atoms with Crippen LogP contribution in [-0.4, -0.2) is 8.42 Å². The summed E-state index contributed by atoms with van der Waals surface area (Å²) >= 11 is 9.98. The number of thiophene rings is 1. The predicted octanol–water partition coefficient (Wildman–Crippen LogP) is 4.41. The molecule has 0 spiro atoms. The van der Waals surface area contributed by atoms with Crippen molar-refractivity contribution in [1.29, 1.82) is 0 Å². The third kappa shape index (κ3) is 3.28. The molecule has 2 aromatic rings. The zero-order chi connectivity index (χ0) is 14.2. The second kappa shape index (κ2) is 5.40. The topological polar surface area (TPSA) is 46.2 Å². The molecule has 1 N–H and O–H groups in total. The van der Waals surface area contributed by atoms with Crippen molar-refractivity contribution >= 4 is 54.6 Å². The summed E-state index contributed by atoms with van der Waals surface area (Å²) in [4.78, 5) is 0. The SMILES string of the molecule is Cc1cc(F)ccc1NS(=O)(=O)c1cc(Cl)c(Br)s1. The van der Waals surface area contributed by atoms with E-state index >= 15 is 0 Å². The fourth-order valence-electron chi connectivity index (χ4n) is 1.40. The Morgan fingerprint density at radius 3 is 2.58 bits per heavy atom. The first-order valence-electron chi connectivity index (χ1n) is 5.03.